The Morgan fingerprint density at radius 1 is 1.44 bits per heavy atom. The Balaban J connectivity index is 2.88. The van der Waals surface area contributed by atoms with Crippen molar-refractivity contribution in [1.29, 1.82) is 0 Å². The van der Waals surface area contributed by atoms with Gasteiger partial charge in [-0.05, 0) is 23.1 Å². The van der Waals surface area contributed by atoms with E-state index >= 15 is 0 Å². The number of amides is 1. The van der Waals surface area contributed by atoms with Crippen LogP contribution in [0.4, 0.5) is 0 Å². The van der Waals surface area contributed by atoms with Gasteiger partial charge in [-0.15, -0.1) is 0 Å². The minimum absolute atomic E-state index is 0.0430. The summed E-state index contributed by atoms with van der Waals surface area (Å²) in [6.07, 6.45) is 1.35. The molecule has 0 fully saturated rings. The molecule has 1 aromatic rings. The lowest BCUT2D eigenvalue weighted by Gasteiger charge is -2.19. The second-order valence-corrected chi connectivity index (χ2v) is 4.25. The van der Waals surface area contributed by atoms with E-state index in [1.807, 2.05) is 12.1 Å². The molecule has 0 heterocycles. The maximum atomic E-state index is 11.4. The fourth-order valence-electron chi connectivity index (χ4n) is 1.73. The van der Waals surface area contributed by atoms with Gasteiger partial charge in [-0.2, -0.15) is 0 Å². The number of hydrogen-bond donors (Lipinski definition) is 0. The molecule has 0 aliphatic carbocycles. The minimum Gasteiger partial charge on any atom is -0.338 e. The Hall–Kier alpha value is -1.57. The number of likely N-dealkylation sites (N-methyl/N-ethyl adjacent to an activating group) is 1. The van der Waals surface area contributed by atoms with Crippen molar-refractivity contribution in [3.63, 3.8) is 0 Å². The van der Waals surface area contributed by atoms with Crippen LogP contribution in [0.2, 0.25) is 0 Å². The van der Waals surface area contributed by atoms with Gasteiger partial charge in [-0.1, -0.05) is 44.7 Å². The molecule has 0 bridgehead atoms. The zero-order valence-electron chi connectivity index (χ0n) is 10.2. The van der Waals surface area contributed by atoms with Crippen LogP contribution in [0.5, 0.6) is 0 Å². The number of rotatable bonds is 4. The molecule has 86 valence electrons. The highest BCUT2D eigenvalue weighted by Gasteiger charge is 2.10. The molecule has 0 N–H and O–H groups in total. The topological polar surface area (TPSA) is 20.3 Å². The van der Waals surface area contributed by atoms with E-state index in [1.54, 1.807) is 11.9 Å². The summed E-state index contributed by atoms with van der Waals surface area (Å²) in [5.74, 6) is 0.432. The maximum absolute atomic E-state index is 11.4. The lowest BCUT2D eigenvalue weighted by Crippen LogP contribution is -2.24. The molecule has 2 heteroatoms. The Bertz CT molecular complexity index is 382. The molecule has 0 aliphatic heterocycles. The lowest BCUT2D eigenvalue weighted by molar-refractivity contribution is -0.125. The molecule has 0 aliphatic rings. The van der Waals surface area contributed by atoms with Crippen LogP contribution in [0.25, 0.3) is 0 Å². The van der Waals surface area contributed by atoms with Gasteiger partial charge in [-0.3, -0.25) is 4.79 Å². The first kappa shape index (κ1) is 12.5. The predicted molar refractivity (Wildman–Crippen MR) is 67.2 cm³/mol. The van der Waals surface area contributed by atoms with Crippen molar-refractivity contribution in [3.05, 3.63) is 48.0 Å². The third-order valence-corrected chi connectivity index (χ3v) is 2.64. The van der Waals surface area contributed by atoms with Crippen molar-refractivity contribution in [2.45, 2.75) is 26.3 Å². The zero-order chi connectivity index (χ0) is 12.1. The van der Waals surface area contributed by atoms with E-state index in [4.69, 9.17) is 0 Å². The van der Waals surface area contributed by atoms with Crippen LogP contribution in [0, 0.1) is 0 Å². The first-order valence-corrected chi connectivity index (χ1v) is 5.51. The van der Waals surface area contributed by atoms with Gasteiger partial charge < -0.3 is 4.90 Å². The van der Waals surface area contributed by atoms with E-state index in [0.717, 1.165) is 0 Å². The summed E-state index contributed by atoms with van der Waals surface area (Å²) in [6.45, 7) is 8.45. The highest BCUT2D eigenvalue weighted by Crippen LogP contribution is 2.20. The molecule has 0 unspecified atom stereocenters. The summed E-state index contributed by atoms with van der Waals surface area (Å²) in [5, 5.41) is 0. The third-order valence-electron chi connectivity index (χ3n) is 2.64. The maximum Gasteiger partial charge on any atom is 0.245 e. The molecule has 0 saturated carbocycles. The summed E-state index contributed by atoms with van der Waals surface area (Å²) in [4.78, 5) is 13.1. The first-order valence-electron chi connectivity index (χ1n) is 5.51. The molecular weight excluding hydrogens is 198 g/mol. The molecule has 1 rings (SSSR count). The number of nitrogens with zero attached hydrogens (tertiary/aromatic N) is 1. The number of carbonyl (C=O) groups excluding carboxylic acids is 1. The molecule has 1 aromatic carbocycles. The van der Waals surface area contributed by atoms with Crippen molar-refractivity contribution >= 4 is 5.91 Å². The summed E-state index contributed by atoms with van der Waals surface area (Å²) < 4.78 is 0. The van der Waals surface area contributed by atoms with Crippen LogP contribution in [-0.4, -0.2) is 17.9 Å². The van der Waals surface area contributed by atoms with Crippen molar-refractivity contribution in [1.82, 2.24) is 4.90 Å². The van der Waals surface area contributed by atoms with Crippen LogP contribution in [0.3, 0.4) is 0 Å². The molecule has 0 aromatic heterocycles. The van der Waals surface area contributed by atoms with Gasteiger partial charge in [0.25, 0.3) is 0 Å². The summed E-state index contributed by atoms with van der Waals surface area (Å²) in [7, 11) is 1.79. The van der Waals surface area contributed by atoms with Crippen LogP contribution in [-0.2, 0) is 11.3 Å². The molecule has 0 atom stereocenters. The number of benzene rings is 1. The van der Waals surface area contributed by atoms with Crippen LogP contribution in [0.15, 0.2) is 36.9 Å². The van der Waals surface area contributed by atoms with E-state index in [2.05, 4.69) is 32.6 Å². The van der Waals surface area contributed by atoms with Gasteiger partial charge in [0, 0.05) is 13.6 Å². The van der Waals surface area contributed by atoms with Crippen molar-refractivity contribution in [2.24, 2.45) is 0 Å². The third kappa shape index (κ3) is 2.96. The van der Waals surface area contributed by atoms with Gasteiger partial charge in [0.2, 0.25) is 5.91 Å². The van der Waals surface area contributed by atoms with Crippen molar-refractivity contribution in [3.8, 4) is 0 Å². The fourth-order valence-corrected chi connectivity index (χ4v) is 1.73. The molecule has 0 saturated heterocycles. The van der Waals surface area contributed by atoms with E-state index in [-0.39, 0.29) is 5.91 Å². The Morgan fingerprint density at radius 3 is 2.62 bits per heavy atom. The van der Waals surface area contributed by atoms with E-state index in [1.165, 1.54) is 17.2 Å². The molecule has 0 spiro atoms. The van der Waals surface area contributed by atoms with Gasteiger partial charge >= 0.3 is 0 Å². The number of carbonyl (C=O) groups is 1. The summed E-state index contributed by atoms with van der Waals surface area (Å²) in [5.41, 5.74) is 2.50. The fraction of sp³-hybridized carbons (Fsp3) is 0.357. The van der Waals surface area contributed by atoms with Crippen LogP contribution < -0.4 is 0 Å². The number of hydrogen-bond acceptors (Lipinski definition) is 1. The first-order chi connectivity index (χ1) is 7.56. The smallest absolute Gasteiger partial charge is 0.245 e. The van der Waals surface area contributed by atoms with E-state index < -0.39 is 0 Å². The average Bonchev–Trinajstić information content (AvgIpc) is 2.28. The van der Waals surface area contributed by atoms with Crippen LogP contribution in [0.1, 0.15) is 30.9 Å². The van der Waals surface area contributed by atoms with E-state index in [0.29, 0.717) is 12.5 Å². The van der Waals surface area contributed by atoms with Gasteiger partial charge in [0.05, 0.1) is 0 Å². The molecule has 2 nitrogen and oxygen atoms in total. The van der Waals surface area contributed by atoms with Gasteiger partial charge in [-0.25, -0.2) is 0 Å². The summed E-state index contributed by atoms with van der Waals surface area (Å²) in [6, 6.07) is 8.23. The Kier molecular flexibility index (Phi) is 4.29. The van der Waals surface area contributed by atoms with E-state index in [9.17, 15) is 4.79 Å². The van der Waals surface area contributed by atoms with Crippen LogP contribution >= 0.6 is 0 Å². The molecule has 0 radical (unpaired) electrons. The molecule has 16 heavy (non-hydrogen) atoms. The van der Waals surface area contributed by atoms with Gasteiger partial charge in [0.15, 0.2) is 0 Å². The normalized spacial score (nSPS) is 10.2. The predicted octanol–water partition coefficient (Wildman–Crippen LogP) is 2.95. The molecule has 1 amide bonds. The quantitative estimate of drug-likeness (QED) is 0.710. The second kappa shape index (κ2) is 5.50. The standard InChI is InChI=1S/C14H19NO/c1-5-14(16)15(4)10-12-8-6-7-9-13(12)11(2)3/h5-9,11H,1,10H2,2-4H3. The highest BCUT2D eigenvalue weighted by molar-refractivity contribution is 5.86. The monoisotopic (exact) mass is 217 g/mol. The Labute approximate surface area is 97.6 Å². The largest absolute Gasteiger partial charge is 0.338 e. The summed E-state index contributed by atoms with van der Waals surface area (Å²) >= 11 is 0. The van der Waals surface area contributed by atoms with Crippen molar-refractivity contribution < 1.29 is 4.79 Å². The minimum atomic E-state index is -0.0430. The Morgan fingerprint density at radius 2 is 2.06 bits per heavy atom. The highest BCUT2D eigenvalue weighted by atomic mass is 16.2. The molecular formula is C14H19NO. The SMILES string of the molecule is C=CC(=O)N(C)Cc1ccccc1C(C)C. The lowest BCUT2D eigenvalue weighted by atomic mass is 9.97. The van der Waals surface area contributed by atoms with Gasteiger partial charge in [0.1, 0.15) is 0 Å². The second-order valence-electron chi connectivity index (χ2n) is 4.25. The average molecular weight is 217 g/mol. The van der Waals surface area contributed by atoms with Crippen molar-refractivity contribution in [2.75, 3.05) is 7.05 Å². The zero-order valence-corrected chi connectivity index (χ0v) is 10.2.